The molecular weight excluding hydrogens is 182 g/mol. The average molecular weight is 201 g/mol. The van der Waals surface area contributed by atoms with Gasteiger partial charge in [-0.1, -0.05) is 13.3 Å². The number of nitrogens with one attached hydrogen (secondary N) is 1. The van der Waals surface area contributed by atoms with Crippen LogP contribution >= 0.6 is 0 Å². The first-order valence-electron chi connectivity index (χ1n) is 5.02. The SMILES string of the molecule is CCC[C@@H](CC(=O)OCC)NC(C)=O. The van der Waals surface area contributed by atoms with E-state index in [-0.39, 0.29) is 24.3 Å². The molecule has 0 rings (SSSR count). The van der Waals surface area contributed by atoms with Gasteiger partial charge in [0.05, 0.1) is 13.0 Å². The van der Waals surface area contributed by atoms with Crippen LogP contribution < -0.4 is 5.32 Å². The quantitative estimate of drug-likeness (QED) is 0.658. The zero-order chi connectivity index (χ0) is 11.0. The summed E-state index contributed by atoms with van der Waals surface area (Å²) in [5.41, 5.74) is 0. The lowest BCUT2D eigenvalue weighted by Gasteiger charge is -2.15. The van der Waals surface area contributed by atoms with Crippen molar-refractivity contribution in [2.24, 2.45) is 0 Å². The summed E-state index contributed by atoms with van der Waals surface area (Å²) >= 11 is 0. The fraction of sp³-hybridized carbons (Fsp3) is 0.800. The Bertz CT molecular complexity index is 192. The zero-order valence-corrected chi connectivity index (χ0v) is 9.13. The summed E-state index contributed by atoms with van der Waals surface area (Å²) in [4.78, 5) is 21.9. The molecule has 1 N–H and O–H groups in total. The van der Waals surface area contributed by atoms with Gasteiger partial charge in [0, 0.05) is 13.0 Å². The van der Waals surface area contributed by atoms with Gasteiger partial charge in [0.15, 0.2) is 0 Å². The van der Waals surface area contributed by atoms with Crippen LogP contribution in [0.3, 0.4) is 0 Å². The largest absolute Gasteiger partial charge is 0.466 e. The first-order chi connectivity index (χ1) is 6.60. The van der Waals surface area contributed by atoms with Gasteiger partial charge in [-0.25, -0.2) is 0 Å². The number of carbonyl (C=O) groups excluding carboxylic acids is 2. The maximum Gasteiger partial charge on any atom is 0.307 e. The third-order valence-corrected chi connectivity index (χ3v) is 1.76. The molecule has 1 amide bonds. The Morgan fingerprint density at radius 1 is 1.36 bits per heavy atom. The number of ether oxygens (including phenoxy) is 1. The first-order valence-corrected chi connectivity index (χ1v) is 5.02. The van der Waals surface area contributed by atoms with Gasteiger partial charge < -0.3 is 10.1 Å². The molecular formula is C10H19NO3. The normalized spacial score (nSPS) is 11.9. The third-order valence-electron chi connectivity index (χ3n) is 1.76. The van der Waals surface area contributed by atoms with E-state index in [9.17, 15) is 9.59 Å². The Balaban J connectivity index is 3.94. The van der Waals surface area contributed by atoms with Crippen molar-refractivity contribution in [3.05, 3.63) is 0 Å². The summed E-state index contributed by atoms with van der Waals surface area (Å²) in [6.07, 6.45) is 2.00. The van der Waals surface area contributed by atoms with E-state index in [1.807, 2.05) is 6.92 Å². The molecule has 0 aromatic heterocycles. The number of carbonyl (C=O) groups is 2. The summed E-state index contributed by atoms with van der Waals surface area (Å²) in [6.45, 7) is 5.62. The minimum Gasteiger partial charge on any atom is -0.466 e. The fourth-order valence-corrected chi connectivity index (χ4v) is 1.28. The van der Waals surface area contributed by atoms with E-state index in [1.54, 1.807) is 6.92 Å². The maximum absolute atomic E-state index is 11.1. The second-order valence-corrected chi connectivity index (χ2v) is 3.20. The highest BCUT2D eigenvalue weighted by Gasteiger charge is 2.14. The standard InChI is InChI=1S/C10H19NO3/c1-4-6-9(11-8(3)12)7-10(13)14-5-2/h9H,4-7H2,1-3H3,(H,11,12)/t9-/m0/s1. The van der Waals surface area contributed by atoms with Crippen molar-refractivity contribution in [3.8, 4) is 0 Å². The van der Waals surface area contributed by atoms with Gasteiger partial charge in [-0.05, 0) is 13.3 Å². The van der Waals surface area contributed by atoms with Gasteiger partial charge in [-0.3, -0.25) is 9.59 Å². The van der Waals surface area contributed by atoms with E-state index in [2.05, 4.69) is 5.32 Å². The van der Waals surface area contributed by atoms with Crippen molar-refractivity contribution in [2.75, 3.05) is 6.61 Å². The van der Waals surface area contributed by atoms with E-state index in [0.717, 1.165) is 12.8 Å². The molecule has 0 spiro atoms. The molecule has 0 fully saturated rings. The van der Waals surface area contributed by atoms with Crippen molar-refractivity contribution in [2.45, 2.75) is 46.1 Å². The van der Waals surface area contributed by atoms with Crippen molar-refractivity contribution in [3.63, 3.8) is 0 Å². The molecule has 14 heavy (non-hydrogen) atoms. The van der Waals surface area contributed by atoms with E-state index < -0.39 is 0 Å². The van der Waals surface area contributed by atoms with Crippen LogP contribution in [0.5, 0.6) is 0 Å². The number of hydrogen-bond acceptors (Lipinski definition) is 3. The van der Waals surface area contributed by atoms with Crippen molar-refractivity contribution >= 4 is 11.9 Å². The summed E-state index contributed by atoms with van der Waals surface area (Å²) in [5, 5.41) is 2.73. The van der Waals surface area contributed by atoms with E-state index in [1.165, 1.54) is 6.92 Å². The Kier molecular flexibility index (Phi) is 6.80. The Morgan fingerprint density at radius 3 is 2.43 bits per heavy atom. The third kappa shape index (κ3) is 6.46. The minimum absolute atomic E-state index is 0.0865. The molecule has 0 aromatic rings. The van der Waals surface area contributed by atoms with Crippen LogP contribution in [0.1, 0.15) is 40.0 Å². The Morgan fingerprint density at radius 2 is 2.00 bits per heavy atom. The highest BCUT2D eigenvalue weighted by molar-refractivity contribution is 5.75. The van der Waals surface area contributed by atoms with Gasteiger partial charge in [-0.15, -0.1) is 0 Å². The van der Waals surface area contributed by atoms with Crippen LogP contribution in [0.15, 0.2) is 0 Å². The minimum atomic E-state index is -0.250. The molecule has 0 aliphatic heterocycles. The highest BCUT2D eigenvalue weighted by atomic mass is 16.5. The lowest BCUT2D eigenvalue weighted by Crippen LogP contribution is -2.35. The number of rotatable bonds is 6. The van der Waals surface area contributed by atoms with Crippen molar-refractivity contribution in [1.82, 2.24) is 5.32 Å². The molecule has 82 valence electrons. The fourth-order valence-electron chi connectivity index (χ4n) is 1.28. The van der Waals surface area contributed by atoms with Crippen molar-refractivity contribution in [1.29, 1.82) is 0 Å². The number of amides is 1. The maximum atomic E-state index is 11.1. The molecule has 0 saturated heterocycles. The van der Waals surface area contributed by atoms with Gasteiger partial charge in [0.25, 0.3) is 0 Å². The summed E-state index contributed by atoms with van der Waals surface area (Å²) in [7, 11) is 0. The second-order valence-electron chi connectivity index (χ2n) is 3.20. The second kappa shape index (κ2) is 7.35. The molecule has 0 unspecified atom stereocenters. The van der Waals surface area contributed by atoms with E-state index in [0.29, 0.717) is 6.61 Å². The lowest BCUT2D eigenvalue weighted by molar-refractivity contribution is -0.143. The van der Waals surface area contributed by atoms with Gasteiger partial charge in [-0.2, -0.15) is 0 Å². The first kappa shape index (κ1) is 12.9. The van der Waals surface area contributed by atoms with Crippen LogP contribution in [0.2, 0.25) is 0 Å². The van der Waals surface area contributed by atoms with Gasteiger partial charge in [0.2, 0.25) is 5.91 Å². The van der Waals surface area contributed by atoms with E-state index in [4.69, 9.17) is 4.74 Å². The van der Waals surface area contributed by atoms with Crippen molar-refractivity contribution < 1.29 is 14.3 Å². The molecule has 0 aliphatic carbocycles. The predicted molar refractivity (Wildman–Crippen MR) is 53.8 cm³/mol. The van der Waals surface area contributed by atoms with Gasteiger partial charge >= 0.3 is 5.97 Å². The van der Waals surface area contributed by atoms with Crippen LogP contribution in [-0.2, 0) is 14.3 Å². The van der Waals surface area contributed by atoms with Crippen LogP contribution in [0, 0.1) is 0 Å². The molecule has 0 aliphatic rings. The molecule has 0 aromatic carbocycles. The molecule has 0 heterocycles. The topological polar surface area (TPSA) is 55.4 Å². The summed E-state index contributed by atoms with van der Waals surface area (Å²) < 4.78 is 4.81. The van der Waals surface area contributed by atoms with Crippen LogP contribution in [0.25, 0.3) is 0 Å². The summed E-state index contributed by atoms with van der Waals surface area (Å²) in [5.74, 6) is -0.354. The van der Waals surface area contributed by atoms with Crippen LogP contribution in [0.4, 0.5) is 0 Å². The summed E-state index contributed by atoms with van der Waals surface area (Å²) in [6, 6.07) is -0.0865. The number of esters is 1. The Hall–Kier alpha value is -1.06. The van der Waals surface area contributed by atoms with Crippen LogP contribution in [-0.4, -0.2) is 24.5 Å². The highest BCUT2D eigenvalue weighted by Crippen LogP contribution is 2.03. The Labute approximate surface area is 85.0 Å². The predicted octanol–water partition coefficient (Wildman–Crippen LogP) is 1.24. The average Bonchev–Trinajstić information content (AvgIpc) is 2.03. The molecule has 4 heteroatoms. The van der Waals surface area contributed by atoms with E-state index >= 15 is 0 Å². The smallest absolute Gasteiger partial charge is 0.307 e. The molecule has 1 atom stereocenters. The van der Waals surface area contributed by atoms with Gasteiger partial charge in [0.1, 0.15) is 0 Å². The zero-order valence-electron chi connectivity index (χ0n) is 9.13. The monoisotopic (exact) mass is 201 g/mol. The lowest BCUT2D eigenvalue weighted by atomic mass is 10.1. The molecule has 0 radical (unpaired) electrons. The molecule has 0 bridgehead atoms. The number of hydrogen-bond donors (Lipinski definition) is 1. The molecule has 4 nitrogen and oxygen atoms in total. The molecule has 0 saturated carbocycles.